The van der Waals surface area contributed by atoms with Gasteiger partial charge in [0, 0.05) is 38.9 Å². The Morgan fingerprint density at radius 1 is 1.10 bits per heavy atom. The van der Waals surface area contributed by atoms with Crippen LogP contribution in [0.1, 0.15) is 32.3 Å². The lowest BCUT2D eigenvalue weighted by molar-refractivity contribution is 0.356. The number of guanidine groups is 1. The molecule has 3 rings (SSSR count). The molecule has 0 radical (unpaired) electrons. The highest BCUT2D eigenvalue weighted by atomic mass is 127. The second-order valence-corrected chi connectivity index (χ2v) is 8.35. The van der Waals surface area contributed by atoms with E-state index in [2.05, 4.69) is 81.8 Å². The molecule has 1 aromatic heterocycles. The van der Waals surface area contributed by atoms with Crippen LogP contribution in [0.2, 0.25) is 0 Å². The summed E-state index contributed by atoms with van der Waals surface area (Å²) in [5, 5.41) is 7.14. The zero-order valence-corrected chi connectivity index (χ0v) is 20.1. The number of aromatic nitrogens is 1. The molecule has 158 valence electrons. The van der Waals surface area contributed by atoms with Gasteiger partial charge in [-0.3, -0.25) is 4.99 Å². The van der Waals surface area contributed by atoms with Crippen molar-refractivity contribution in [3.63, 3.8) is 0 Å². The van der Waals surface area contributed by atoms with E-state index in [1.807, 2.05) is 19.3 Å². The van der Waals surface area contributed by atoms with Crippen molar-refractivity contribution in [1.29, 1.82) is 0 Å². The molecular weight excluding hydrogens is 473 g/mol. The molecule has 0 spiro atoms. The van der Waals surface area contributed by atoms with Crippen molar-refractivity contribution in [2.75, 3.05) is 31.6 Å². The van der Waals surface area contributed by atoms with Crippen LogP contribution in [0.4, 0.5) is 5.82 Å². The number of hydrogen-bond acceptors (Lipinski definition) is 3. The fourth-order valence-corrected chi connectivity index (χ4v) is 3.72. The zero-order valence-electron chi connectivity index (χ0n) is 17.8. The van der Waals surface area contributed by atoms with Crippen molar-refractivity contribution in [2.45, 2.75) is 39.2 Å². The Morgan fingerprint density at radius 3 is 2.41 bits per heavy atom. The van der Waals surface area contributed by atoms with Crippen LogP contribution >= 0.6 is 24.0 Å². The molecule has 0 unspecified atom stereocenters. The standard InChI is InChI=1S/C23H33N5.HI/c1-23(2,17-19-9-5-4-6-10-19)18-26-22(24-3)27-20-12-15-28(16-13-20)21-11-7-8-14-25-21;/h4-11,14,20H,12-13,15-18H2,1-3H3,(H2,24,26,27);1H. The summed E-state index contributed by atoms with van der Waals surface area (Å²) in [6.45, 7) is 7.52. The van der Waals surface area contributed by atoms with Crippen molar-refractivity contribution >= 4 is 35.8 Å². The molecule has 1 aromatic carbocycles. The molecule has 1 saturated heterocycles. The lowest BCUT2D eigenvalue weighted by Gasteiger charge is -2.34. The predicted octanol–water partition coefficient (Wildman–Crippen LogP) is 4.10. The van der Waals surface area contributed by atoms with Crippen LogP contribution in [-0.4, -0.2) is 43.7 Å². The van der Waals surface area contributed by atoms with Crippen molar-refractivity contribution in [3.05, 3.63) is 60.3 Å². The van der Waals surface area contributed by atoms with Gasteiger partial charge in [-0.25, -0.2) is 4.98 Å². The first-order valence-electron chi connectivity index (χ1n) is 10.2. The number of hydrogen-bond donors (Lipinski definition) is 2. The number of rotatable bonds is 6. The van der Waals surface area contributed by atoms with Crippen molar-refractivity contribution in [3.8, 4) is 0 Å². The Labute approximate surface area is 192 Å². The summed E-state index contributed by atoms with van der Waals surface area (Å²) in [5.41, 5.74) is 1.53. The molecule has 6 heteroatoms. The highest BCUT2D eigenvalue weighted by Gasteiger charge is 2.22. The minimum atomic E-state index is 0. The van der Waals surface area contributed by atoms with Crippen LogP contribution in [0.3, 0.4) is 0 Å². The number of aliphatic imine (C=N–C) groups is 1. The number of nitrogens with zero attached hydrogens (tertiary/aromatic N) is 3. The number of nitrogens with one attached hydrogen (secondary N) is 2. The van der Waals surface area contributed by atoms with Gasteiger partial charge < -0.3 is 15.5 Å². The van der Waals surface area contributed by atoms with E-state index in [1.165, 1.54) is 5.56 Å². The molecule has 1 aliphatic rings. The van der Waals surface area contributed by atoms with Crippen LogP contribution in [-0.2, 0) is 6.42 Å². The molecule has 0 bridgehead atoms. The third-order valence-corrected chi connectivity index (χ3v) is 5.29. The van der Waals surface area contributed by atoms with Crippen molar-refractivity contribution < 1.29 is 0 Å². The summed E-state index contributed by atoms with van der Waals surface area (Å²) in [4.78, 5) is 11.3. The minimum Gasteiger partial charge on any atom is -0.356 e. The van der Waals surface area contributed by atoms with Crippen LogP contribution in [0, 0.1) is 5.41 Å². The quantitative estimate of drug-likeness (QED) is 0.351. The molecule has 0 atom stereocenters. The lowest BCUT2D eigenvalue weighted by Crippen LogP contribution is -2.50. The molecular formula is C23H34IN5. The third-order valence-electron chi connectivity index (χ3n) is 5.29. The van der Waals surface area contributed by atoms with Gasteiger partial charge in [0.25, 0.3) is 0 Å². The minimum absolute atomic E-state index is 0. The molecule has 0 amide bonds. The summed E-state index contributed by atoms with van der Waals surface area (Å²) in [5.74, 6) is 1.98. The van der Waals surface area contributed by atoms with Crippen LogP contribution in [0.5, 0.6) is 0 Å². The van der Waals surface area contributed by atoms with Crippen molar-refractivity contribution in [1.82, 2.24) is 15.6 Å². The van der Waals surface area contributed by atoms with E-state index in [0.29, 0.717) is 6.04 Å². The summed E-state index contributed by atoms with van der Waals surface area (Å²) < 4.78 is 0. The molecule has 1 fully saturated rings. The van der Waals surface area contributed by atoms with Gasteiger partial charge >= 0.3 is 0 Å². The number of piperidine rings is 1. The monoisotopic (exact) mass is 507 g/mol. The number of benzene rings is 1. The second kappa shape index (κ2) is 11.4. The first-order chi connectivity index (χ1) is 13.6. The number of halogens is 1. The maximum absolute atomic E-state index is 4.46. The number of anilines is 1. The first-order valence-corrected chi connectivity index (χ1v) is 10.2. The van der Waals surface area contributed by atoms with Gasteiger partial charge in [0.05, 0.1) is 0 Å². The summed E-state index contributed by atoms with van der Waals surface area (Å²) in [6.07, 6.45) is 5.08. The molecule has 0 saturated carbocycles. The average Bonchev–Trinajstić information content (AvgIpc) is 2.72. The van der Waals surface area contributed by atoms with Crippen molar-refractivity contribution in [2.24, 2.45) is 10.4 Å². The zero-order chi connectivity index (χ0) is 19.8. The Kier molecular flexibility index (Phi) is 9.20. The third kappa shape index (κ3) is 7.49. The molecule has 2 N–H and O–H groups in total. The van der Waals surface area contributed by atoms with Crippen LogP contribution in [0.25, 0.3) is 0 Å². The van der Waals surface area contributed by atoms with Gasteiger partial charge in [-0.15, -0.1) is 24.0 Å². The van der Waals surface area contributed by atoms with Crippen LogP contribution in [0.15, 0.2) is 59.7 Å². The van der Waals surface area contributed by atoms with Gasteiger partial charge in [0.1, 0.15) is 5.82 Å². The summed E-state index contributed by atoms with van der Waals surface area (Å²) in [7, 11) is 1.85. The second-order valence-electron chi connectivity index (χ2n) is 8.35. The molecule has 2 aromatic rings. The van der Waals surface area contributed by atoms with E-state index in [1.54, 1.807) is 0 Å². The maximum atomic E-state index is 4.46. The molecule has 0 aliphatic carbocycles. The largest absolute Gasteiger partial charge is 0.356 e. The lowest BCUT2D eigenvalue weighted by atomic mass is 9.86. The van der Waals surface area contributed by atoms with E-state index >= 15 is 0 Å². The Balaban J connectivity index is 0.00000300. The van der Waals surface area contributed by atoms with E-state index < -0.39 is 0 Å². The van der Waals surface area contributed by atoms with Gasteiger partial charge in [0.15, 0.2) is 5.96 Å². The normalized spacial score (nSPS) is 15.6. The van der Waals surface area contributed by atoms with Gasteiger partial charge in [-0.1, -0.05) is 50.2 Å². The SMILES string of the molecule is CN=C(NCC(C)(C)Cc1ccccc1)NC1CCN(c2ccccn2)CC1.I. The topological polar surface area (TPSA) is 52.6 Å². The Morgan fingerprint density at radius 2 is 1.79 bits per heavy atom. The predicted molar refractivity (Wildman–Crippen MR) is 133 cm³/mol. The summed E-state index contributed by atoms with van der Waals surface area (Å²) in [6, 6.07) is 17.2. The molecule has 2 heterocycles. The van der Waals surface area contributed by atoms with E-state index in [9.17, 15) is 0 Å². The van der Waals surface area contributed by atoms with E-state index in [0.717, 1.165) is 50.7 Å². The average molecular weight is 507 g/mol. The Bertz CT molecular complexity index is 740. The fourth-order valence-electron chi connectivity index (χ4n) is 3.72. The highest BCUT2D eigenvalue weighted by Crippen LogP contribution is 2.21. The van der Waals surface area contributed by atoms with Crippen LogP contribution < -0.4 is 15.5 Å². The first kappa shape index (κ1) is 23.4. The Hall–Kier alpha value is -1.83. The fraction of sp³-hybridized carbons (Fsp3) is 0.478. The highest BCUT2D eigenvalue weighted by molar-refractivity contribution is 14.0. The summed E-state index contributed by atoms with van der Waals surface area (Å²) >= 11 is 0. The van der Waals surface area contributed by atoms with Gasteiger partial charge in [0.2, 0.25) is 0 Å². The van der Waals surface area contributed by atoms with E-state index in [4.69, 9.17) is 0 Å². The molecule has 1 aliphatic heterocycles. The van der Waals surface area contributed by atoms with Gasteiger partial charge in [-0.2, -0.15) is 0 Å². The smallest absolute Gasteiger partial charge is 0.191 e. The van der Waals surface area contributed by atoms with Gasteiger partial charge in [-0.05, 0) is 42.4 Å². The molecule has 5 nitrogen and oxygen atoms in total. The maximum Gasteiger partial charge on any atom is 0.191 e. The van der Waals surface area contributed by atoms with E-state index in [-0.39, 0.29) is 29.4 Å². The molecule has 29 heavy (non-hydrogen) atoms. The number of pyridine rings is 1.